The number of carboxylic acids is 1. The maximum Gasteiger partial charge on any atom is 0.416 e. The van der Waals surface area contributed by atoms with Crippen molar-refractivity contribution < 1.29 is 32.6 Å². The predicted octanol–water partition coefficient (Wildman–Crippen LogP) is 2.88. The van der Waals surface area contributed by atoms with Gasteiger partial charge in [-0.15, -0.1) is 0 Å². The molecule has 1 amide bonds. The van der Waals surface area contributed by atoms with Gasteiger partial charge in [0.2, 0.25) is 5.91 Å². The zero-order valence-electron chi connectivity index (χ0n) is 14.4. The standard InChI is InChI=1S/C18H22F3NO4/c1-12(10-13-2-4-14(5-3-13)18(19,20)21)15(23)22-11-17(16(24)25)6-8-26-9-7-17/h2-5,12H,6-11H2,1H3,(H,22,23)(H,24,25). The number of carbonyl (C=O) groups excluding carboxylic acids is 1. The zero-order chi connectivity index (χ0) is 19.4. The molecular formula is C18H22F3NO4. The summed E-state index contributed by atoms with van der Waals surface area (Å²) < 4.78 is 42.9. The number of halogens is 3. The number of rotatable bonds is 6. The molecular weight excluding hydrogens is 351 g/mol. The summed E-state index contributed by atoms with van der Waals surface area (Å²) in [4.78, 5) is 23.8. The van der Waals surface area contributed by atoms with Gasteiger partial charge in [0.15, 0.2) is 0 Å². The SMILES string of the molecule is CC(Cc1ccc(C(F)(F)F)cc1)C(=O)NCC1(C(=O)O)CCOCC1. The molecule has 0 bridgehead atoms. The molecule has 1 unspecified atom stereocenters. The first kappa shape index (κ1) is 20.2. The van der Waals surface area contributed by atoms with Gasteiger partial charge in [-0.2, -0.15) is 13.2 Å². The fourth-order valence-electron chi connectivity index (χ4n) is 2.93. The van der Waals surface area contributed by atoms with Crippen molar-refractivity contribution in [2.45, 2.75) is 32.4 Å². The average molecular weight is 373 g/mol. The molecule has 144 valence electrons. The van der Waals surface area contributed by atoms with Gasteiger partial charge in [0.05, 0.1) is 11.0 Å². The summed E-state index contributed by atoms with van der Waals surface area (Å²) in [6.07, 6.45) is -3.46. The van der Waals surface area contributed by atoms with E-state index in [-0.39, 0.29) is 18.9 Å². The van der Waals surface area contributed by atoms with Crippen molar-refractivity contribution in [2.24, 2.45) is 11.3 Å². The van der Waals surface area contributed by atoms with Crippen LogP contribution in [-0.4, -0.2) is 36.7 Å². The number of alkyl halides is 3. The van der Waals surface area contributed by atoms with Gasteiger partial charge in [0.1, 0.15) is 0 Å². The topological polar surface area (TPSA) is 75.6 Å². The third-order valence-electron chi connectivity index (χ3n) is 4.78. The van der Waals surface area contributed by atoms with E-state index in [0.717, 1.165) is 12.1 Å². The first-order valence-corrected chi connectivity index (χ1v) is 8.39. The summed E-state index contributed by atoms with van der Waals surface area (Å²) in [5.74, 6) is -1.77. The van der Waals surface area contributed by atoms with Gasteiger partial charge in [0, 0.05) is 25.7 Å². The number of carbonyl (C=O) groups is 2. The van der Waals surface area contributed by atoms with Crippen LogP contribution in [0.25, 0.3) is 0 Å². The maximum absolute atomic E-state index is 12.6. The molecule has 1 aromatic rings. The molecule has 2 rings (SSSR count). The molecule has 8 heteroatoms. The van der Waals surface area contributed by atoms with Crippen molar-refractivity contribution in [3.63, 3.8) is 0 Å². The Morgan fingerprint density at radius 1 is 1.23 bits per heavy atom. The highest BCUT2D eigenvalue weighted by atomic mass is 19.4. The van der Waals surface area contributed by atoms with E-state index in [1.165, 1.54) is 12.1 Å². The van der Waals surface area contributed by atoms with Crippen LogP contribution in [-0.2, 0) is 26.9 Å². The molecule has 1 heterocycles. The summed E-state index contributed by atoms with van der Waals surface area (Å²) >= 11 is 0. The van der Waals surface area contributed by atoms with Crippen LogP contribution < -0.4 is 5.32 Å². The smallest absolute Gasteiger partial charge is 0.416 e. The van der Waals surface area contributed by atoms with Gasteiger partial charge in [-0.25, -0.2) is 0 Å². The van der Waals surface area contributed by atoms with Crippen LogP contribution in [0.1, 0.15) is 30.9 Å². The molecule has 0 aliphatic carbocycles. The highest BCUT2D eigenvalue weighted by molar-refractivity contribution is 5.80. The van der Waals surface area contributed by atoms with Gasteiger partial charge in [0.25, 0.3) is 0 Å². The van der Waals surface area contributed by atoms with Crippen molar-refractivity contribution in [3.05, 3.63) is 35.4 Å². The number of carboxylic acid groups (broad SMARTS) is 1. The van der Waals surface area contributed by atoms with E-state index < -0.39 is 29.0 Å². The number of aliphatic carboxylic acids is 1. The Balaban J connectivity index is 1.92. The fraction of sp³-hybridized carbons (Fsp3) is 0.556. The molecule has 1 atom stereocenters. The summed E-state index contributed by atoms with van der Waals surface area (Å²) in [7, 11) is 0. The lowest BCUT2D eigenvalue weighted by atomic mass is 9.80. The fourth-order valence-corrected chi connectivity index (χ4v) is 2.93. The predicted molar refractivity (Wildman–Crippen MR) is 87.4 cm³/mol. The highest BCUT2D eigenvalue weighted by Gasteiger charge is 2.40. The molecule has 1 fully saturated rings. The largest absolute Gasteiger partial charge is 0.481 e. The van der Waals surface area contributed by atoms with E-state index in [2.05, 4.69) is 5.32 Å². The second-order valence-corrected chi connectivity index (χ2v) is 6.72. The normalized spacial score (nSPS) is 18.2. The zero-order valence-corrected chi connectivity index (χ0v) is 14.4. The Hall–Kier alpha value is -2.09. The van der Waals surface area contributed by atoms with E-state index >= 15 is 0 Å². The number of hydrogen-bond donors (Lipinski definition) is 2. The molecule has 1 aliphatic heterocycles. The highest BCUT2D eigenvalue weighted by Crippen LogP contribution is 2.31. The molecule has 5 nitrogen and oxygen atoms in total. The van der Waals surface area contributed by atoms with E-state index in [1.807, 2.05) is 0 Å². The van der Waals surface area contributed by atoms with E-state index in [0.29, 0.717) is 31.6 Å². The molecule has 1 aliphatic rings. The Bertz CT molecular complexity index is 637. The Morgan fingerprint density at radius 3 is 2.31 bits per heavy atom. The molecule has 0 saturated carbocycles. The molecule has 0 radical (unpaired) electrons. The molecule has 1 aromatic carbocycles. The molecule has 0 aromatic heterocycles. The Morgan fingerprint density at radius 2 is 1.81 bits per heavy atom. The maximum atomic E-state index is 12.6. The lowest BCUT2D eigenvalue weighted by molar-refractivity contribution is -0.154. The summed E-state index contributed by atoms with van der Waals surface area (Å²) in [6, 6.07) is 4.68. The lowest BCUT2D eigenvalue weighted by Crippen LogP contribution is -2.47. The van der Waals surface area contributed by atoms with Crippen LogP contribution in [0.4, 0.5) is 13.2 Å². The van der Waals surface area contributed by atoms with E-state index in [4.69, 9.17) is 4.74 Å². The number of benzene rings is 1. The summed E-state index contributed by atoms with van der Waals surface area (Å²) in [5, 5.41) is 12.1. The minimum absolute atomic E-state index is 0.0158. The monoisotopic (exact) mass is 373 g/mol. The van der Waals surface area contributed by atoms with Crippen molar-refractivity contribution in [1.82, 2.24) is 5.32 Å². The van der Waals surface area contributed by atoms with Gasteiger partial charge in [-0.3, -0.25) is 9.59 Å². The van der Waals surface area contributed by atoms with E-state index in [9.17, 15) is 27.9 Å². The summed E-state index contributed by atoms with van der Waals surface area (Å²) in [5.41, 5.74) is -1.15. The van der Waals surface area contributed by atoms with Crippen molar-refractivity contribution in [3.8, 4) is 0 Å². The molecule has 0 spiro atoms. The van der Waals surface area contributed by atoms with Crippen molar-refractivity contribution in [2.75, 3.05) is 19.8 Å². The first-order chi connectivity index (χ1) is 12.1. The van der Waals surface area contributed by atoms with Crippen molar-refractivity contribution >= 4 is 11.9 Å². The minimum Gasteiger partial charge on any atom is -0.481 e. The third kappa shape index (κ3) is 4.97. The Kier molecular flexibility index (Phi) is 6.28. The van der Waals surface area contributed by atoms with Crippen LogP contribution in [0.5, 0.6) is 0 Å². The third-order valence-corrected chi connectivity index (χ3v) is 4.78. The van der Waals surface area contributed by atoms with Crippen LogP contribution >= 0.6 is 0 Å². The van der Waals surface area contributed by atoms with Crippen LogP contribution in [0, 0.1) is 11.3 Å². The van der Waals surface area contributed by atoms with Crippen molar-refractivity contribution in [1.29, 1.82) is 0 Å². The Labute approximate surface area is 149 Å². The van der Waals surface area contributed by atoms with Gasteiger partial charge < -0.3 is 15.2 Å². The van der Waals surface area contributed by atoms with Gasteiger partial charge in [-0.1, -0.05) is 19.1 Å². The van der Waals surface area contributed by atoms with Gasteiger partial charge >= 0.3 is 12.1 Å². The first-order valence-electron chi connectivity index (χ1n) is 8.39. The number of hydrogen-bond acceptors (Lipinski definition) is 3. The second-order valence-electron chi connectivity index (χ2n) is 6.72. The van der Waals surface area contributed by atoms with Gasteiger partial charge in [-0.05, 0) is 37.0 Å². The lowest BCUT2D eigenvalue weighted by Gasteiger charge is -2.33. The number of ether oxygens (including phenoxy) is 1. The average Bonchev–Trinajstić information content (AvgIpc) is 2.60. The molecule has 2 N–H and O–H groups in total. The molecule has 1 saturated heterocycles. The number of amides is 1. The number of nitrogens with one attached hydrogen (secondary N) is 1. The molecule has 26 heavy (non-hydrogen) atoms. The summed E-state index contributed by atoms with van der Waals surface area (Å²) in [6.45, 7) is 2.35. The van der Waals surface area contributed by atoms with Crippen LogP contribution in [0.15, 0.2) is 24.3 Å². The minimum atomic E-state index is -4.39. The van der Waals surface area contributed by atoms with Crippen LogP contribution in [0.3, 0.4) is 0 Å². The van der Waals surface area contributed by atoms with Crippen LogP contribution in [0.2, 0.25) is 0 Å². The quantitative estimate of drug-likeness (QED) is 0.804. The van der Waals surface area contributed by atoms with E-state index in [1.54, 1.807) is 6.92 Å². The second kappa shape index (κ2) is 8.07.